The SMILES string of the molecule is N#Cc1cc(Oc2cc(F)cc(Br)c2)ccc1[N+](=O)[O-]. The highest BCUT2D eigenvalue weighted by Gasteiger charge is 2.14. The van der Waals surface area contributed by atoms with E-state index in [9.17, 15) is 14.5 Å². The lowest BCUT2D eigenvalue weighted by Crippen LogP contribution is -1.93. The third-order valence-electron chi connectivity index (χ3n) is 2.36. The van der Waals surface area contributed by atoms with Gasteiger partial charge in [0.25, 0.3) is 5.69 Å². The summed E-state index contributed by atoms with van der Waals surface area (Å²) >= 11 is 3.12. The first-order chi connectivity index (χ1) is 9.49. The summed E-state index contributed by atoms with van der Waals surface area (Å²) in [5.41, 5.74) is -0.428. The number of hydrogen-bond donors (Lipinski definition) is 0. The highest BCUT2D eigenvalue weighted by atomic mass is 79.9. The maximum Gasteiger partial charge on any atom is 0.287 e. The van der Waals surface area contributed by atoms with Crippen molar-refractivity contribution in [3.8, 4) is 17.6 Å². The van der Waals surface area contributed by atoms with Crippen LogP contribution in [0.4, 0.5) is 10.1 Å². The number of nitriles is 1. The van der Waals surface area contributed by atoms with Crippen molar-refractivity contribution in [1.82, 2.24) is 0 Å². The van der Waals surface area contributed by atoms with E-state index in [1.54, 1.807) is 6.07 Å². The van der Waals surface area contributed by atoms with Gasteiger partial charge in [-0.2, -0.15) is 5.26 Å². The van der Waals surface area contributed by atoms with E-state index < -0.39 is 10.7 Å². The van der Waals surface area contributed by atoms with Crippen molar-refractivity contribution in [3.63, 3.8) is 0 Å². The predicted octanol–water partition coefficient (Wildman–Crippen LogP) is 4.16. The average Bonchev–Trinajstić information content (AvgIpc) is 2.37. The van der Waals surface area contributed by atoms with E-state index >= 15 is 0 Å². The van der Waals surface area contributed by atoms with Crippen LogP contribution in [0.3, 0.4) is 0 Å². The lowest BCUT2D eigenvalue weighted by Gasteiger charge is -2.06. The second-order valence-electron chi connectivity index (χ2n) is 3.76. The first kappa shape index (κ1) is 14.0. The highest BCUT2D eigenvalue weighted by molar-refractivity contribution is 9.10. The molecule has 0 bridgehead atoms. The Kier molecular flexibility index (Phi) is 3.96. The molecular formula is C13H6BrFN2O3. The zero-order chi connectivity index (χ0) is 14.7. The molecule has 0 aliphatic carbocycles. The van der Waals surface area contributed by atoms with Gasteiger partial charge in [0.05, 0.1) is 4.92 Å². The van der Waals surface area contributed by atoms with E-state index in [1.165, 1.54) is 30.3 Å². The van der Waals surface area contributed by atoms with Crippen LogP contribution in [-0.2, 0) is 0 Å². The Morgan fingerprint density at radius 1 is 1.25 bits per heavy atom. The fourth-order valence-corrected chi connectivity index (χ4v) is 2.00. The summed E-state index contributed by atoms with van der Waals surface area (Å²) in [6.07, 6.45) is 0. The first-order valence-electron chi connectivity index (χ1n) is 5.32. The molecule has 0 spiro atoms. The molecule has 7 heteroatoms. The van der Waals surface area contributed by atoms with Gasteiger partial charge < -0.3 is 4.74 Å². The second kappa shape index (κ2) is 5.67. The van der Waals surface area contributed by atoms with Gasteiger partial charge in [-0.05, 0) is 18.2 Å². The first-order valence-corrected chi connectivity index (χ1v) is 6.11. The number of halogens is 2. The molecule has 5 nitrogen and oxygen atoms in total. The largest absolute Gasteiger partial charge is 0.457 e. The fourth-order valence-electron chi connectivity index (χ4n) is 1.55. The number of nitro benzene ring substituents is 1. The molecule has 0 aromatic heterocycles. The summed E-state index contributed by atoms with van der Waals surface area (Å²) in [4.78, 5) is 10.0. The van der Waals surface area contributed by atoms with Crippen molar-refractivity contribution >= 4 is 21.6 Å². The lowest BCUT2D eigenvalue weighted by molar-refractivity contribution is -0.385. The summed E-state index contributed by atoms with van der Waals surface area (Å²) in [6, 6.07) is 9.44. The van der Waals surface area contributed by atoms with E-state index in [1.807, 2.05) is 0 Å². The Hall–Kier alpha value is -2.46. The van der Waals surface area contributed by atoms with Crippen LogP contribution >= 0.6 is 15.9 Å². The van der Waals surface area contributed by atoms with Crippen LogP contribution in [0.1, 0.15) is 5.56 Å². The van der Waals surface area contributed by atoms with Crippen LogP contribution in [0, 0.1) is 27.3 Å². The third-order valence-corrected chi connectivity index (χ3v) is 2.81. The molecule has 100 valence electrons. The van der Waals surface area contributed by atoms with Crippen LogP contribution < -0.4 is 4.74 Å². The number of rotatable bonds is 3. The van der Waals surface area contributed by atoms with Crippen LogP contribution in [0.25, 0.3) is 0 Å². The van der Waals surface area contributed by atoms with Gasteiger partial charge in [0.2, 0.25) is 0 Å². The molecule has 0 radical (unpaired) electrons. The van der Waals surface area contributed by atoms with E-state index in [2.05, 4.69) is 15.9 Å². The molecule has 0 aliphatic rings. The van der Waals surface area contributed by atoms with Crippen molar-refractivity contribution in [1.29, 1.82) is 5.26 Å². The molecule has 0 amide bonds. The van der Waals surface area contributed by atoms with Gasteiger partial charge in [-0.1, -0.05) is 15.9 Å². The van der Waals surface area contributed by atoms with Crippen molar-refractivity contribution in [2.75, 3.05) is 0 Å². The Morgan fingerprint density at radius 3 is 2.60 bits per heavy atom. The molecule has 2 aromatic carbocycles. The number of benzene rings is 2. The lowest BCUT2D eigenvalue weighted by atomic mass is 10.2. The van der Waals surface area contributed by atoms with E-state index in [-0.39, 0.29) is 22.7 Å². The molecule has 0 heterocycles. The van der Waals surface area contributed by atoms with Gasteiger partial charge in [0.1, 0.15) is 28.9 Å². The monoisotopic (exact) mass is 336 g/mol. The standard InChI is InChI=1S/C13H6BrFN2O3/c14-9-4-10(15)6-12(5-9)20-11-1-2-13(17(18)19)8(3-11)7-16/h1-6H. The van der Waals surface area contributed by atoms with Gasteiger partial charge in [0.15, 0.2) is 0 Å². The van der Waals surface area contributed by atoms with Crippen molar-refractivity contribution < 1.29 is 14.1 Å². The van der Waals surface area contributed by atoms with Gasteiger partial charge in [0, 0.05) is 22.7 Å². The molecular weight excluding hydrogens is 331 g/mol. The Labute approximate surface area is 121 Å². The Morgan fingerprint density at radius 2 is 2.00 bits per heavy atom. The summed E-state index contributed by atoms with van der Waals surface area (Å²) in [6.45, 7) is 0. The summed E-state index contributed by atoms with van der Waals surface area (Å²) in [7, 11) is 0. The predicted molar refractivity (Wildman–Crippen MR) is 72.0 cm³/mol. The van der Waals surface area contributed by atoms with E-state index in [4.69, 9.17) is 10.00 Å². The van der Waals surface area contributed by atoms with Crippen LogP contribution in [0.15, 0.2) is 40.9 Å². The molecule has 0 saturated carbocycles. The van der Waals surface area contributed by atoms with Crippen molar-refractivity contribution in [2.45, 2.75) is 0 Å². The summed E-state index contributed by atoms with van der Waals surface area (Å²) in [5, 5.41) is 19.6. The molecule has 0 N–H and O–H groups in total. The normalized spacial score (nSPS) is 9.85. The van der Waals surface area contributed by atoms with Crippen LogP contribution in [0.5, 0.6) is 11.5 Å². The number of hydrogen-bond acceptors (Lipinski definition) is 4. The van der Waals surface area contributed by atoms with Crippen molar-refractivity contribution in [2.24, 2.45) is 0 Å². The fraction of sp³-hybridized carbons (Fsp3) is 0. The Balaban J connectivity index is 2.35. The zero-order valence-electron chi connectivity index (χ0n) is 9.84. The minimum Gasteiger partial charge on any atom is -0.457 e. The van der Waals surface area contributed by atoms with Crippen molar-refractivity contribution in [3.05, 3.63) is 62.4 Å². The van der Waals surface area contributed by atoms with E-state index in [0.717, 1.165) is 6.07 Å². The average molecular weight is 337 g/mol. The minimum absolute atomic E-state index is 0.122. The molecule has 2 aromatic rings. The molecule has 2 rings (SSSR count). The minimum atomic E-state index is -0.652. The molecule has 0 fully saturated rings. The van der Waals surface area contributed by atoms with Crippen LogP contribution in [-0.4, -0.2) is 4.92 Å². The van der Waals surface area contributed by atoms with E-state index in [0.29, 0.717) is 4.47 Å². The smallest absolute Gasteiger partial charge is 0.287 e. The molecule has 20 heavy (non-hydrogen) atoms. The number of nitro groups is 1. The summed E-state index contributed by atoms with van der Waals surface area (Å²) in [5.74, 6) is -0.0592. The van der Waals surface area contributed by atoms with Gasteiger partial charge in [-0.15, -0.1) is 0 Å². The second-order valence-corrected chi connectivity index (χ2v) is 4.67. The zero-order valence-corrected chi connectivity index (χ0v) is 11.4. The summed E-state index contributed by atoms with van der Waals surface area (Å²) < 4.78 is 19.1. The third kappa shape index (κ3) is 3.10. The number of nitrogens with zero attached hydrogens (tertiary/aromatic N) is 2. The van der Waals surface area contributed by atoms with Gasteiger partial charge in [-0.3, -0.25) is 10.1 Å². The van der Waals surface area contributed by atoms with Gasteiger partial charge in [-0.25, -0.2) is 4.39 Å². The highest BCUT2D eigenvalue weighted by Crippen LogP contribution is 2.29. The number of ether oxygens (including phenoxy) is 1. The van der Waals surface area contributed by atoms with Gasteiger partial charge >= 0.3 is 0 Å². The quantitative estimate of drug-likeness (QED) is 0.622. The molecule has 0 aliphatic heterocycles. The maximum absolute atomic E-state index is 13.2. The molecule has 0 atom stereocenters. The van der Waals surface area contributed by atoms with Crippen LogP contribution in [0.2, 0.25) is 0 Å². The molecule has 0 saturated heterocycles. The Bertz CT molecular complexity index is 708. The topological polar surface area (TPSA) is 76.2 Å². The molecule has 0 unspecified atom stereocenters. The maximum atomic E-state index is 13.2.